The lowest BCUT2D eigenvalue weighted by Gasteiger charge is -2.09. The molecule has 0 amide bonds. The Bertz CT molecular complexity index is 391. The Labute approximate surface area is 89.2 Å². The molecule has 1 aromatic rings. The Kier molecular flexibility index (Phi) is 4.19. The van der Waals surface area contributed by atoms with Gasteiger partial charge in [-0.05, 0) is 18.1 Å². The van der Waals surface area contributed by atoms with Crippen molar-refractivity contribution in [2.45, 2.75) is 11.9 Å². The van der Waals surface area contributed by atoms with E-state index in [1.165, 1.54) is 12.3 Å². The predicted molar refractivity (Wildman–Crippen MR) is 55.7 cm³/mol. The number of sulfonamides is 1. The number of aromatic nitrogens is 1. The summed E-state index contributed by atoms with van der Waals surface area (Å²) in [6, 6.07) is 4.68. The van der Waals surface area contributed by atoms with E-state index in [9.17, 15) is 8.42 Å². The van der Waals surface area contributed by atoms with Crippen molar-refractivity contribution < 1.29 is 13.5 Å². The van der Waals surface area contributed by atoms with Crippen molar-refractivity contribution in [3.8, 4) is 0 Å². The summed E-state index contributed by atoms with van der Waals surface area (Å²) in [5.41, 5.74) is 0. The molecule has 0 aliphatic carbocycles. The van der Waals surface area contributed by atoms with Gasteiger partial charge in [-0.25, -0.2) is 18.1 Å². The maximum atomic E-state index is 11.6. The number of rotatable bonds is 5. The fourth-order valence-corrected chi connectivity index (χ4v) is 2.01. The van der Waals surface area contributed by atoms with Gasteiger partial charge in [0.2, 0.25) is 0 Å². The highest BCUT2D eigenvalue weighted by molar-refractivity contribution is 7.89. The van der Waals surface area contributed by atoms with E-state index < -0.39 is 10.0 Å². The monoisotopic (exact) mass is 230 g/mol. The fourth-order valence-electron chi connectivity index (χ4n) is 0.897. The summed E-state index contributed by atoms with van der Waals surface area (Å²) < 4.78 is 25.6. The van der Waals surface area contributed by atoms with Crippen LogP contribution in [0.3, 0.4) is 0 Å². The Balaban J connectivity index is 2.69. The number of hydrogen-bond donors (Lipinski definition) is 2. The molecule has 0 radical (unpaired) electrons. The highest BCUT2D eigenvalue weighted by Gasteiger charge is 2.15. The van der Waals surface area contributed by atoms with Gasteiger partial charge in [0.1, 0.15) is 0 Å². The van der Waals surface area contributed by atoms with E-state index in [1.54, 1.807) is 19.1 Å². The van der Waals surface area contributed by atoms with E-state index in [4.69, 9.17) is 5.11 Å². The fraction of sp³-hybridized carbons (Fsp3) is 0.444. The van der Waals surface area contributed by atoms with Crippen molar-refractivity contribution in [3.05, 3.63) is 24.4 Å². The molecular formula is C9H14N2O3S. The topological polar surface area (TPSA) is 79.3 Å². The standard InChI is InChI=1S/C9H14N2O3S/c1-8(7-12)6-11-15(13,14)9-4-2-3-5-10-9/h2-5,8,11-12H,6-7H2,1H3. The second-order valence-corrected chi connectivity index (χ2v) is 5.02. The largest absolute Gasteiger partial charge is 0.396 e. The molecule has 1 rings (SSSR count). The van der Waals surface area contributed by atoms with Gasteiger partial charge >= 0.3 is 0 Å². The van der Waals surface area contributed by atoms with Crippen LogP contribution in [0.5, 0.6) is 0 Å². The van der Waals surface area contributed by atoms with Gasteiger partial charge in [-0.15, -0.1) is 0 Å². The zero-order valence-corrected chi connectivity index (χ0v) is 9.24. The Morgan fingerprint density at radius 2 is 2.27 bits per heavy atom. The van der Waals surface area contributed by atoms with Crippen LogP contribution in [0.1, 0.15) is 6.92 Å². The van der Waals surface area contributed by atoms with Crippen LogP contribution < -0.4 is 4.72 Å². The molecule has 0 spiro atoms. The molecule has 1 heterocycles. The molecule has 0 fully saturated rings. The van der Waals surface area contributed by atoms with Crippen LogP contribution in [-0.2, 0) is 10.0 Å². The molecule has 0 saturated carbocycles. The van der Waals surface area contributed by atoms with E-state index in [0.29, 0.717) is 0 Å². The zero-order valence-electron chi connectivity index (χ0n) is 8.42. The maximum absolute atomic E-state index is 11.6. The summed E-state index contributed by atoms with van der Waals surface area (Å²) in [7, 11) is -3.54. The molecule has 5 nitrogen and oxygen atoms in total. The molecule has 0 bridgehead atoms. The van der Waals surface area contributed by atoms with Crippen molar-refractivity contribution >= 4 is 10.0 Å². The predicted octanol–water partition coefficient (Wildman–Crippen LogP) is -0.0117. The number of aliphatic hydroxyl groups excluding tert-OH is 1. The van der Waals surface area contributed by atoms with Crippen LogP contribution in [-0.4, -0.2) is 31.7 Å². The first kappa shape index (κ1) is 12.1. The van der Waals surface area contributed by atoms with Gasteiger partial charge in [0.25, 0.3) is 10.0 Å². The third-order valence-electron chi connectivity index (χ3n) is 1.85. The second-order valence-electron chi connectivity index (χ2n) is 3.31. The SMILES string of the molecule is CC(CO)CNS(=O)(=O)c1ccccn1. The summed E-state index contributed by atoms with van der Waals surface area (Å²) in [5, 5.41) is 8.75. The molecule has 1 unspecified atom stereocenters. The quantitative estimate of drug-likeness (QED) is 0.745. The molecule has 15 heavy (non-hydrogen) atoms. The van der Waals surface area contributed by atoms with Crippen molar-refractivity contribution in [1.29, 1.82) is 0 Å². The first-order chi connectivity index (χ1) is 7.06. The zero-order chi connectivity index (χ0) is 11.3. The third-order valence-corrected chi connectivity index (χ3v) is 3.19. The van der Waals surface area contributed by atoms with Gasteiger partial charge in [0, 0.05) is 19.3 Å². The number of nitrogens with one attached hydrogen (secondary N) is 1. The van der Waals surface area contributed by atoms with Gasteiger partial charge in [0.15, 0.2) is 5.03 Å². The average Bonchev–Trinajstić information content (AvgIpc) is 2.27. The van der Waals surface area contributed by atoms with Crippen LogP contribution in [0.25, 0.3) is 0 Å². The molecule has 1 aromatic heterocycles. The van der Waals surface area contributed by atoms with Gasteiger partial charge in [-0.2, -0.15) is 0 Å². The van der Waals surface area contributed by atoms with Crippen LogP contribution >= 0.6 is 0 Å². The van der Waals surface area contributed by atoms with Crippen molar-refractivity contribution in [1.82, 2.24) is 9.71 Å². The van der Waals surface area contributed by atoms with Crippen LogP contribution in [0, 0.1) is 5.92 Å². The molecule has 0 aliphatic rings. The lowest BCUT2D eigenvalue weighted by Crippen LogP contribution is -2.30. The summed E-state index contributed by atoms with van der Waals surface area (Å²) >= 11 is 0. The van der Waals surface area contributed by atoms with Crippen LogP contribution in [0.2, 0.25) is 0 Å². The first-order valence-corrected chi connectivity index (χ1v) is 6.06. The first-order valence-electron chi connectivity index (χ1n) is 4.58. The molecule has 84 valence electrons. The Morgan fingerprint density at radius 1 is 1.53 bits per heavy atom. The van der Waals surface area contributed by atoms with Gasteiger partial charge < -0.3 is 5.11 Å². The minimum Gasteiger partial charge on any atom is -0.396 e. The molecule has 0 aromatic carbocycles. The smallest absolute Gasteiger partial charge is 0.258 e. The molecule has 6 heteroatoms. The molecule has 0 aliphatic heterocycles. The average molecular weight is 230 g/mol. The third kappa shape index (κ3) is 3.58. The van der Waals surface area contributed by atoms with Crippen molar-refractivity contribution in [2.75, 3.05) is 13.2 Å². The van der Waals surface area contributed by atoms with Crippen LogP contribution in [0.4, 0.5) is 0 Å². The number of hydrogen-bond acceptors (Lipinski definition) is 4. The van der Waals surface area contributed by atoms with E-state index in [-0.39, 0.29) is 24.1 Å². The summed E-state index contributed by atoms with van der Waals surface area (Å²) in [4.78, 5) is 3.74. The lowest BCUT2D eigenvalue weighted by molar-refractivity contribution is 0.238. The normalized spacial score (nSPS) is 13.7. The van der Waals surface area contributed by atoms with Crippen LogP contribution in [0.15, 0.2) is 29.4 Å². The van der Waals surface area contributed by atoms with E-state index in [0.717, 1.165) is 0 Å². The Hall–Kier alpha value is -0.980. The Morgan fingerprint density at radius 3 is 2.80 bits per heavy atom. The maximum Gasteiger partial charge on any atom is 0.258 e. The second kappa shape index (κ2) is 5.20. The summed E-state index contributed by atoms with van der Waals surface area (Å²) in [6.45, 7) is 1.90. The van der Waals surface area contributed by atoms with Gasteiger partial charge in [-0.1, -0.05) is 13.0 Å². The number of aliphatic hydroxyl groups is 1. The number of pyridine rings is 1. The molecular weight excluding hydrogens is 216 g/mol. The minimum absolute atomic E-state index is 0.00450. The van der Waals surface area contributed by atoms with E-state index in [1.807, 2.05) is 0 Å². The van der Waals surface area contributed by atoms with Crippen molar-refractivity contribution in [3.63, 3.8) is 0 Å². The van der Waals surface area contributed by atoms with E-state index in [2.05, 4.69) is 9.71 Å². The van der Waals surface area contributed by atoms with E-state index >= 15 is 0 Å². The van der Waals surface area contributed by atoms with Gasteiger partial charge in [0.05, 0.1) is 0 Å². The highest BCUT2D eigenvalue weighted by Crippen LogP contribution is 2.03. The highest BCUT2D eigenvalue weighted by atomic mass is 32.2. The summed E-state index contributed by atoms with van der Waals surface area (Å²) in [6.07, 6.45) is 1.42. The lowest BCUT2D eigenvalue weighted by atomic mass is 10.2. The summed E-state index contributed by atoms with van der Waals surface area (Å²) in [5.74, 6) is -0.108. The number of nitrogens with zero attached hydrogens (tertiary/aromatic N) is 1. The van der Waals surface area contributed by atoms with Gasteiger partial charge in [-0.3, -0.25) is 0 Å². The molecule has 2 N–H and O–H groups in total. The minimum atomic E-state index is -3.54. The molecule has 1 atom stereocenters. The molecule has 0 saturated heterocycles. The van der Waals surface area contributed by atoms with Crippen molar-refractivity contribution in [2.24, 2.45) is 5.92 Å².